The molecular weight excluding hydrogens is 282 g/mol. The summed E-state index contributed by atoms with van der Waals surface area (Å²) in [6.07, 6.45) is 1.29. The van der Waals surface area contributed by atoms with E-state index < -0.39 is 23.5 Å². The van der Waals surface area contributed by atoms with Gasteiger partial charge in [0.1, 0.15) is 5.69 Å². The molecule has 1 heterocycles. The third-order valence-corrected chi connectivity index (χ3v) is 2.69. The number of hydrogen-bond donors (Lipinski definition) is 2. The number of halogens is 2. The van der Waals surface area contributed by atoms with E-state index in [2.05, 4.69) is 10.3 Å². The predicted molar refractivity (Wildman–Crippen MR) is 68.7 cm³/mol. The van der Waals surface area contributed by atoms with Crippen LogP contribution >= 0.6 is 0 Å². The Morgan fingerprint density at radius 2 is 1.95 bits per heavy atom. The predicted octanol–water partition coefficient (Wildman–Crippen LogP) is 1.99. The fourth-order valence-corrected chi connectivity index (χ4v) is 1.67. The molecule has 0 bridgehead atoms. The molecule has 0 spiro atoms. The highest BCUT2D eigenvalue weighted by Gasteiger charge is 2.17. The molecule has 0 aliphatic rings. The van der Waals surface area contributed by atoms with Crippen LogP contribution in [0.5, 0.6) is 0 Å². The first kappa shape index (κ1) is 14.6. The maximum absolute atomic E-state index is 13.0. The molecule has 2 rings (SSSR count). The van der Waals surface area contributed by atoms with Crippen LogP contribution < -0.4 is 5.32 Å². The minimum atomic E-state index is -1.28. The van der Waals surface area contributed by atoms with E-state index >= 15 is 0 Å². The van der Waals surface area contributed by atoms with Crippen molar-refractivity contribution in [2.45, 2.75) is 6.54 Å². The topological polar surface area (TPSA) is 79.3 Å². The van der Waals surface area contributed by atoms with Gasteiger partial charge in [0.2, 0.25) is 0 Å². The second-order valence-electron chi connectivity index (χ2n) is 4.14. The van der Waals surface area contributed by atoms with Crippen molar-refractivity contribution in [2.75, 3.05) is 0 Å². The Balaban J connectivity index is 2.12. The van der Waals surface area contributed by atoms with E-state index in [4.69, 9.17) is 5.11 Å². The zero-order valence-electron chi connectivity index (χ0n) is 10.6. The Morgan fingerprint density at radius 3 is 2.62 bits per heavy atom. The summed E-state index contributed by atoms with van der Waals surface area (Å²) in [6, 6.07) is 5.86. The summed E-state index contributed by atoms with van der Waals surface area (Å²) in [6.45, 7) is -0.0777. The lowest BCUT2D eigenvalue weighted by Gasteiger charge is -2.07. The van der Waals surface area contributed by atoms with E-state index in [1.54, 1.807) is 0 Å². The quantitative estimate of drug-likeness (QED) is 0.903. The number of nitrogens with zero attached hydrogens (tertiary/aromatic N) is 1. The van der Waals surface area contributed by atoms with Crippen LogP contribution in [0.2, 0.25) is 0 Å². The van der Waals surface area contributed by atoms with Crippen LogP contribution in [0.15, 0.2) is 36.5 Å². The van der Waals surface area contributed by atoms with Crippen LogP contribution in [0.3, 0.4) is 0 Å². The van der Waals surface area contributed by atoms with Crippen molar-refractivity contribution in [3.05, 3.63) is 65.0 Å². The van der Waals surface area contributed by atoms with Gasteiger partial charge in [-0.15, -0.1) is 0 Å². The Kier molecular flexibility index (Phi) is 4.22. The first-order valence-corrected chi connectivity index (χ1v) is 5.89. The second kappa shape index (κ2) is 6.08. The Labute approximate surface area is 118 Å². The molecule has 0 atom stereocenters. The molecule has 1 aromatic heterocycles. The van der Waals surface area contributed by atoms with E-state index in [0.717, 1.165) is 12.1 Å². The molecule has 1 amide bonds. The molecule has 0 fully saturated rings. The molecule has 0 unspecified atom stereocenters. The molecule has 0 aliphatic carbocycles. The number of pyridine rings is 1. The zero-order chi connectivity index (χ0) is 15.4. The van der Waals surface area contributed by atoms with Gasteiger partial charge >= 0.3 is 5.97 Å². The van der Waals surface area contributed by atoms with Gasteiger partial charge in [0, 0.05) is 12.7 Å². The van der Waals surface area contributed by atoms with Crippen molar-refractivity contribution >= 4 is 11.9 Å². The smallest absolute Gasteiger partial charge is 0.338 e. The van der Waals surface area contributed by atoms with Gasteiger partial charge in [-0.05, 0) is 29.8 Å². The monoisotopic (exact) mass is 292 g/mol. The number of carbonyl (C=O) groups excluding carboxylic acids is 1. The van der Waals surface area contributed by atoms with Crippen LogP contribution in [0, 0.1) is 11.6 Å². The van der Waals surface area contributed by atoms with Crippen molar-refractivity contribution in [3.63, 3.8) is 0 Å². The molecule has 5 nitrogen and oxygen atoms in total. The van der Waals surface area contributed by atoms with Crippen LogP contribution in [0.4, 0.5) is 8.78 Å². The van der Waals surface area contributed by atoms with E-state index in [-0.39, 0.29) is 17.8 Å². The van der Waals surface area contributed by atoms with Crippen molar-refractivity contribution in [1.82, 2.24) is 10.3 Å². The van der Waals surface area contributed by atoms with E-state index in [9.17, 15) is 18.4 Å². The van der Waals surface area contributed by atoms with Crippen molar-refractivity contribution in [2.24, 2.45) is 0 Å². The lowest BCUT2D eigenvalue weighted by atomic mass is 10.1. The average Bonchev–Trinajstić information content (AvgIpc) is 2.48. The summed E-state index contributed by atoms with van der Waals surface area (Å²) < 4.78 is 25.8. The molecular formula is C14H10F2N2O3. The van der Waals surface area contributed by atoms with Crippen LogP contribution in [-0.4, -0.2) is 22.0 Å². The largest absolute Gasteiger partial charge is 0.478 e. The molecule has 2 N–H and O–H groups in total. The summed E-state index contributed by atoms with van der Waals surface area (Å²) >= 11 is 0. The summed E-state index contributed by atoms with van der Waals surface area (Å²) in [7, 11) is 0. The molecule has 2 aromatic rings. The highest BCUT2D eigenvalue weighted by molar-refractivity contribution is 6.03. The maximum atomic E-state index is 13.0. The number of nitrogens with one attached hydrogen (secondary N) is 1. The number of rotatable bonds is 4. The summed E-state index contributed by atoms with van der Waals surface area (Å²) in [5, 5.41) is 11.4. The molecule has 0 saturated carbocycles. The molecule has 1 aromatic carbocycles. The zero-order valence-corrected chi connectivity index (χ0v) is 10.6. The van der Waals surface area contributed by atoms with Gasteiger partial charge in [-0.25, -0.2) is 13.6 Å². The lowest BCUT2D eigenvalue weighted by Crippen LogP contribution is -2.26. The first-order valence-electron chi connectivity index (χ1n) is 5.89. The van der Waals surface area contributed by atoms with Gasteiger partial charge in [-0.3, -0.25) is 9.78 Å². The Bertz CT molecular complexity index is 704. The fourth-order valence-electron chi connectivity index (χ4n) is 1.67. The van der Waals surface area contributed by atoms with E-state index in [1.165, 1.54) is 24.4 Å². The highest BCUT2D eigenvalue weighted by Crippen LogP contribution is 2.09. The number of amides is 1. The van der Waals surface area contributed by atoms with E-state index in [0.29, 0.717) is 5.56 Å². The number of carboxylic acids is 1. The van der Waals surface area contributed by atoms with Crippen molar-refractivity contribution < 1.29 is 23.5 Å². The van der Waals surface area contributed by atoms with Gasteiger partial charge in [-0.1, -0.05) is 6.07 Å². The second-order valence-corrected chi connectivity index (χ2v) is 4.14. The van der Waals surface area contributed by atoms with E-state index in [1.807, 2.05) is 0 Å². The molecule has 0 aliphatic heterocycles. The number of aromatic carboxylic acids is 1. The van der Waals surface area contributed by atoms with Crippen molar-refractivity contribution in [1.29, 1.82) is 0 Å². The third kappa shape index (κ3) is 3.38. The Morgan fingerprint density at radius 1 is 1.19 bits per heavy atom. The number of carboxylic acid groups (broad SMARTS) is 1. The standard InChI is InChI=1S/C14H10F2N2O3/c15-10-4-3-8(6-11(10)16)7-18-13(19)12-9(14(20)21)2-1-5-17-12/h1-6H,7H2,(H,18,19)(H,20,21). The van der Waals surface area contributed by atoms with Gasteiger partial charge in [0.15, 0.2) is 11.6 Å². The van der Waals surface area contributed by atoms with Gasteiger partial charge in [0.05, 0.1) is 5.56 Å². The highest BCUT2D eigenvalue weighted by atomic mass is 19.2. The minimum absolute atomic E-state index is 0.0777. The normalized spacial score (nSPS) is 10.2. The van der Waals surface area contributed by atoms with Crippen LogP contribution in [-0.2, 0) is 6.54 Å². The average molecular weight is 292 g/mol. The third-order valence-electron chi connectivity index (χ3n) is 2.69. The maximum Gasteiger partial charge on any atom is 0.338 e. The van der Waals surface area contributed by atoms with Gasteiger partial charge in [-0.2, -0.15) is 0 Å². The number of carbonyl (C=O) groups is 2. The fraction of sp³-hybridized carbons (Fsp3) is 0.0714. The molecule has 7 heteroatoms. The van der Waals surface area contributed by atoms with Crippen molar-refractivity contribution in [3.8, 4) is 0 Å². The minimum Gasteiger partial charge on any atom is -0.478 e. The lowest BCUT2D eigenvalue weighted by molar-refractivity contribution is 0.0690. The first-order chi connectivity index (χ1) is 9.99. The summed E-state index contributed by atoms with van der Waals surface area (Å²) in [5.74, 6) is -3.99. The van der Waals surface area contributed by atoms with Gasteiger partial charge < -0.3 is 10.4 Å². The Hall–Kier alpha value is -2.83. The summed E-state index contributed by atoms with van der Waals surface area (Å²) in [4.78, 5) is 26.6. The van der Waals surface area contributed by atoms with Crippen LogP contribution in [0.1, 0.15) is 26.4 Å². The molecule has 0 radical (unpaired) electrons. The molecule has 108 valence electrons. The summed E-state index contributed by atoms with van der Waals surface area (Å²) in [5.41, 5.74) is -0.136. The SMILES string of the molecule is O=C(O)c1cccnc1C(=O)NCc1ccc(F)c(F)c1. The molecule has 21 heavy (non-hydrogen) atoms. The van der Waals surface area contributed by atoms with Crippen LogP contribution in [0.25, 0.3) is 0 Å². The number of aromatic nitrogens is 1. The number of benzene rings is 1. The molecule has 0 saturated heterocycles. The van der Waals surface area contributed by atoms with Gasteiger partial charge in [0.25, 0.3) is 5.91 Å². The number of hydrogen-bond acceptors (Lipinski definition) is 3.